The molecule has 2 heterocycles. The minimum atomic E-state index is -0.775. The van der Waals surface area contributed by atoms with Crippen LogP contribution in [0.3, 0.4) is 0 Å². The molecule has 1 N–H and O–H groups in total. The molecule has 0 atom stereocenters. The number of thiazole rings is 1. The number of amides is 1. The van der Waals surface area contributed by atoms with Crippen LogP contribution in [-0.2, 0) is 11.3 Å². The Kier molecular flexibility index (Phi) is 5.11. The van der Waals surface area contributed by atoms with Gasteiger partial charge in [-0.15, -0.1) is 0 Å². The number of ether oxygens (including phenoxy) is 1. The standard InChI is InChI=1S/C19H17F2N3O2S/c20-13-2-3-15(21)14(10-13)18(25)23-19-22-16-4-1-12(9-17(16)27-19)11-24-5-7-26-8-6-24/h1-4,9-10H,5-8,11H2,(H,22,23,25). The smallest absolute Gasteiger partial charge is 0.260 e. The van der Waals surface area contributed by atoms with Crippen molar-refractivity contribution in [3.63, 3.8) is 0 Å². The van der Waals surface area contributed by atoms with Gasteiger partial charge in [0.15, 0.2) is 5.13 Å². The van der Waals surface area contributed by atoms with Crippen molar-refractivity contribution in [3.05, 3.63) is 59.2 Å². The van der Waals surface area contributed by atoms with E-state index in [1.807, 2.05) is 18.2 Å². The summed E-state index contributed by atoms with van der Waals surface area (Å²) < 4.78 is 33.3. The molecule has 4 rings (SSSR count). The minimum absolute atomic E-state index is 0.345. The number of halogens is 2. The van der Waals surface area contributed by atoms with Gasteiger partial charge in [0.2, 0.25) is 0 Å². The molecule has 3 aromatic rings. The maximum Gasteiger partial charge on any atom is 0.260 e. The molecule has 0 aliphatic carbocycles. The first-order valence-electron chi connectivity index (χ1n) is 8.54. The summed E-state index contributed by atoms with van der Waals surface area (Å²) in [6.07, 6.45) is 0. The average Bonchev–Trinajstić information content (AvgIpc) is 3.06. The van der Waals surface area contributed by atoms with Crippen molar-refractivity contribution in [3.8, 4) is 0 Å². The molecule has 1 amide bonds. The van der Waals surface area contributed by atoms with Crippen LogP contribution in [0.15, 0.2) is 36.4 Å². The molecule has 1 aliphatic rings. The summed E-state index contributed by atoms with van der Waals surface area (Å²) >= 11 is 1.30. The number of fused-ring (bicyclic) bond motifs is 1. The fourth-order valence-corrected chi connectivity index (χ4v) is 3.90. The number of nitrogens with zero attached hydrogens (tertiary/aromatic N) is 2. The number of hydrogen-bond acceptors (Lipinski definition) is 5. The second-order valence-electron chi connectivity index (χ2n) is 6.29. The van der Waals surface area contributed by atoms with E-state index in [9.17, 15) is 13.6 Å². The SMILES string of the molecule is O=C(Nc1nc2ccc(CN3CCOCC3)cc2s1)c1cc(F)ccc1F. The van der Waals surface area contributed by atoms with Gasteiger partial charge < -0.3 is 4.74 Å². The van der Waals surface area contributed by atoms with Gasteiger partial charge in [-0.1, -0.05) is 17.4 Å². The average molecular weight is 389 g/mol. The Morgan fingerprint density at radius 1 is 1.19 bits per heavy atom. The highest BCUT2D eigenvalue weighted by atomic mass is 32.1. The molecule has 0 bridgehead atoms. The van der Waals surface area contributed by atoms with E-state index in [2.05, 4.69) is 15.2 Å². The summed E-state index contributed by atoms with van der Waals surface area (Å²) in [7, 11) is 0. The zero-order valence-corrected chi connectivity index (χ0v) is 15.2. The van der Waals surface area contributed by atoms with E-state index >= 15 is 0 Å². The lowest BCUT2D eigenvalue weighted by atomic mass is 10.2. The molecule has 0 radical (unpaired) electrons. The number of carbonyl (C=O) groups excluding carboxylic acids is 1. The third-order valence-corrected chi connectivity index (χ3v) is 5.29. The maximum absolute atomic E-state index is 13.7. The van der Waals surface area contributed by atoms with Crippen molar-refractivity contribution < 1.29 is 18.3 Å². The number of hydrogen-bond donors (Lipinski definition) is 1. The molecule has 2 aromatic carbocycles. The first-order chi connectivity index (χ1) is 13.1. The van der Waals surface area contributed by atoms with Crippen LogP contribution < -0.4 is 5.32 Å². The van der Waals surface area contributed by atoms with E-state index in [0.29, 0.717) is 5.13 Å². The predicted molar refractivity (Wildman–Crippen MR) is 100 cm³/mol. The Morgan fingerprint density at radius 2 is 2.00 bits per heavy atom. The number of morpholine rings is 1. The van der Waals surface area contributed by atoms with Crippen LogP contribution in [0.4, 0.5) is 13.9 Å². The molecular formula is C19H17F2N3O2S. The van der Waals surface area contributed by atoms with Gasteiger partial charge in [0.25, 0.3) is 5.91 Å². The van der Waals surface area contributed by atoms with Crippen molar-refractivity contribution >= 4 is 32.6 Å². The molecule has 27 heavy (non-hydrogen) atoms. The highest BCUT2D eigenvalue weighted by Gasteiger charge is 2.16. The molecule has 0 spiro atoms. The highest BCUT2D eigenvalue weighted by molar-refractivity contribution is 7.22. The predicted octanol–water partition coefficient (Wildman–Crippen LogP) is 3.66. The van der Waals surface area contributed by atoms with Crippen LogP contribution in [0.25, 0.3) is 10.2 Å². The van der Waals surface area contributed by atoms with Gasteiger partial charge in [-0.25, -0.2) is 13.8 Å². The second kappa shape index (κ2) is 7.67. The monoisotopic (exact) mass is 389 g/mol. The molecule has 140 valence electrons. The molecule has 0 saturated carbocycles. The third kappa shape index (κ3) is 4.13. The van der Waals surface area contributed by atoms with Crippen LogP contribution >= 0.6 is 11.3 Å². The van der Waals surface area contributed by atoms with Gasteiger partial charge in [0, 0.05) is 19.6 Å². The summed E-state index contributed by atoms with van der Waals surface area (Å²) in [5.41, 5.74) is 1.56. The largest absolute Gasteiger partial charge is 0.379 e. The van der Waals surface area contributed by atoms with Gasteiger partial charge in [0.1, 0.15) is 11.6 Å². The Bertz CT molecular complexity index is 986. The van der Waals surface area contributed by atoms with Gasteiger partial charge in [-0.05, 0) is 35.9 Å². The number of benzene rings is 2. The Balaban J connectivity index is 1.51. The number of nitrogens with one attached hydrogen (secondary N) is 1. The first kappa shape index (κ1) is 18.0. The quantitative estimate of drug-likeness (QED) is 0.740. The van der Waals surface area contributed by atoms with Gasteiger partial charge in [-0.3, -0.25) is 15.0 Å². The Hall–Kier alpha value is -2.42. The van der Waals surface area contributed by atoms with Crippen molar-refractivity contribution in [1.82, 2.24) is 9.88 Å². The molecule has 1 aliphatic heterocycles. The van der Waals surface area contributed by atoms with Gasteiger partial charge in [0.05, 0.1) is 29.0 Å². The van der Waals surface area contributed by atoms with Gasteiger partial charge >= 0.3 is 0 Å². The van der Waals surface area contributed by atoms with Crippen LogP contribution in [0, 0.1) is 11.6 Å². The van der Waals surface area contributed by atoms with Crippen LogP contribution in [-0.4, -0.2) is 42.1 Å². The van der Waals surface area contributed by atoms with Crippen molar-refractivity contribution in [2.24, 2.45) is 0 Å². The fraction of sp³-hybridized carbons (Fsp3) is 0.263. The fourth-order valence-electron chi connectivity index (χ4n) is 2.97. The summed E-state index contributed by atoms with van der Waals surface area (Å²) in [6, 6.07) is 8.73. The van der Waals surface area contributed by atoms with Crippen LogP contribution in [0.2, 0.25) is 0 Å². The molecule has 0 unspecified atom stereocenters. The van der Waals surface area contributed by atoms with E-state index in [-0.39, 0.29) is 5.56 Å². The van der Waals surface area contributed by atoms with E-state index in [0.717, 1.165) is 66.8 Å². The minimum Gasteiger partial charge on any atom is -0.379 e. The van der Waals surface area contributed by atoms with Gasteiger partial charge in [-0.2, -0.15) is 0 Å². The topological polar surface area (TPSA) is 54.5 Å². The summed E-state index contributed by atoms with van der Waals surface area (Å²) in [5, 5.41) is 2.90. The lowest BCUT2D eigenvalue weighted by Crippen LogP contribution is -2.35. The van der Waals surface area contributed by atoms with E-state index in [1.54, 1.807) is 0 Å². The normalized spacial score (nSPS) is 15.2. The molecule has 1 aromatic heterocycles. The number of carbonyl (C=O) groups is 1. The van der Waals surface area contributed by atoms with Crippen LogP contribution in [0.1, 0.15) is 15.9 Å². The van der Waals surface area contributed by atoms with Crippen LogP contribution in [0.5, 0.6) is 0 Å². The zero-order valence-electron chi connectivity index (χ0n) is 14.4. The first-order valence-corrected chi connectivity index (χ1v) is 9.36. The van der Waals surface area contributed by atoms with Crippen molar-refractivity contribution in [2.45, 2.75) is 6.54 Å². The van der Waals surface area contributed by atoms with E-state index in [1.165, 1.54) is 11.3 Å². The summed E-state index contributed by atoms with van der Waals surface area (Å²) in [6.45, 7) is 4.13. The number of rotatable bonds is 4. The number of anilines is 1. The van der Waals surface area contributed by atoms with Crippen molar-refractivity contribution in [1.29, 1.82) is 0 Å². The second-order valence-corrected chi connectivity index (χ2v) is 7.32. The third-order valence-electron chi connectivity index (χ3n) is 4.36. The lowest BCUT2D eigenvalue weighted by Gasteiger charge is -2.26. The van der Waals surface area contributed by atoms with Crippen molar-refractivity contribution in [2.75, 3.05) is 31.6 Å². The summed E-state index contributed by atoms with van der Waals surface area (Å²) in [4.78, 5) is 18.9. The molecule has 1 fully saturated rings. The Labute approximate surface area is 158 Å². The highest BCUT2D eigenvalue weighted by Crippen LogP contribution is 2.28. The lowest BCUT2D eigenvalue weighted by molar-refractivity contribution is 0.0342. The Morgan fingerprint density at radius 3 is 2.81 bits per heavy atom. The number of aromatic nitrogens is 1. The molecule has 8 heteroatoms. The van der Waals surface area contributed by atoms with E-state index < -0.39 is 17.5 Å². The molecule has 5 nitrogen and oxygen atoms in total. The molecular weight excluding hydrogens is 372 g/mol. The van der Waals surface area contributed by atoms with E-state index in [4.69, 9.17) is 4.74 Å². The molecule has 1 saturated heterocycles. The zero-order chi connectivity index (χ0) is 18.8. The summed E-state index contributed by atoms with van der Waals surface area (Å²) in [5.74, 6) is -2.17. The maximum atomic E-state index is 13.7.